The van der Waals surface area contributed by atoms with E-state index in [1.165, 1.54) is 55.3 Å². The van der Waals surface area contributed by atoms with E-state index in [-0.39, 0.29) is 10.8 Å². The summed E-state index contributed by atoms with van der Waals surface area (Å²) in [6.45, 7) is 18.2. The van der Waals surface area contributed by atoms with Gasteiger partial charge >= 0.3 is 108 Å². The van der Waals surface area contributed by atoms with Crippen molar-refractivity contribution in [2.45, 2.75) is 130 Å². The molecule has 0 saturated carbocycles. The van der Waals surface area contributed by atoms with E-state index >= 15 is 0 Å². The molecule has 4 aliphatic heterocycles. The standard InChI is InChI=1S/C42H38N4O2.3C4H9.C3H5.Sn/c1-39(2)31-13-9-10-14-34(31)45(5)41(39)25-43-33-23-27(18-21-36(33)47-41)15-16-28-17-20-32-35(24-28)46(6)42(40(32,3)4)26-44-38-30-12-8-7-11-29(30)19-22-37(38)48-42;3*1-3-4-2;1-3-2;/h7-26H,1-6H3;3*1,3-4H2,2H3;1,3H,2H3;/b16-15+;;;;;. The zero-order valence-corrected chi connectivity index (χ0v) is 43.0. The van der Waals surface area contributed by atoms with E-state index in [1.54, 1.807) is 13.3 Å². The number of nitrogens with zero attached hydrogens (tertiary/aromatic N) is 4. The first-order valence-corrected chi connectivity index (χ1v) is 31.7. The third kappa shape index (κ3) is 7.79. The number of rotatable bonds is 12. The quantitative estimate of drug-likeness (QED) is 0.0923. The van der Waals surface area contributed by atoms with Crippen LogP contribution in [0, 0.1) is 0 Å². The summed E-state index contributed by atoms with van der Waals surface area (Å²) in [5, 5.41) is 2.26. The average Bonchev–Trinajstić information content (AvgIpc) is 3.57. The van der Waals surface area contributed by atoms with Crippen LogP contribution in [0.3, 0.4) is 0 Å². The largest absolute Gasteiger partial charge is 0.459 e. The van der Waals surface area contributed by atoms with Crippen molar-refractivity contribution >= 4 is 76.5 Å². The van der Waals surface area contributed by atoms with Gasteiger partial charge in [0.25, 0.3) is 0 Å². The molecule has 0 radical (unpaired) electrons. The molecule has 5 aromatic carbocycles. The summed E-state index contributed by atoms with van der Waals surface area (Å²) < 4.78 is 21.3. The zero-order valence-electron chi connectivity index (χ0n) is 40.2. The van der Waals surface area contributed by atoms with E-state index in [1.807, 2.05) is 24.6 Å². The molecule has 0 fully saturated rings. The number of allylic oxidation sites excluding steroid dienone is 1. The van der Waals surface area contributed by atoms with Gasteiger partial charge in [0.05, 0.1) is 23.3 Å². The molecule has 2 atom stereocenters. The number of para-hydroxylation sites is 1. The van der Waals surface area contributed by atoms with Crippen molar-refractivity contribution < 1.29 is 9.47 Å². The topological polar surface area (TPSA) is 49.7 Å². The summed E-state index contributed by atoms with van der Waals surface area (Å²) in [7, 11) is 4.20. The van der Waals surface area contributed by atoms with E-state index < -0.39 is 29.8 Å². The second-order valence-electron chi connectivity index (χ2n) is 19.6. The van der Waals surface area contributed by atoms with E-state index in [0.29, 0.717) is 0 Å². The molecular formula is C57H70N4O2Sn. The van der Waals surface area contributed by atoms with Crippen LogP contribution in [-0.4, -0.2) is 56.4 Å². The van der Waals surface area contributed by atoms with Gasteiger partial charge in [-0.3, -0.25) is 9.98 Å². The van der Waals surface area contributed by atoms with Gasteiger partial charge in [0.2, 0.25) is 11.4 Å². The summed E-state index contributed by atoms with van der Waals surface area (Å²) in [6.07, 6.45) is 19.2. The van der Waals surface area contributed by atoms with E-state index in [4.69, 9.17) is 19.5 Å². The number of aliphatic imine (C=N–C) groups is 2. The Labute approximate surface area is 388 Å². The third-order valence-corrected chi connectivity index (χ3v) is 29.5. The van der Waals surface area contributed by atoms with Crippen LogP contribution in [0.5, 0.6) is 11.5 Å². The normalized spacial score (nSPS) is 20.9. The molecule has 7 heteroatoms. The van der Waals surface area contributed by atoms with Crippen LogP contribution in [0.2, 0.25) is 13.3 Å². The summed E-state index contributed by atoms with van der Waals surface area (Å²) in [5.41, 5.74) is 6.63. The van der Waals surface area contributed by atoms with E-state index in [2.05, 4.69) is 187 Å². The number of hydrogen-bond donors (Lipinski definition) is 0. The van der Waals surface area contributed by atoms with Crippen LogP contribution >= 0.6 is 0 Å². The molecule has 4 aliphatic rings. The maximum atomic E-state index is 6.92. The van der Waals surface area contributed by atoms with Crippen LogP contribution in [0.4, 0.5) is 22.7 Å². The first-order valence-electron chi connectivity index (χ1n) is 24.0. The SMILES string of the molecule is CC=[CH][Sn]([CH2]CCC)([CH2]CCC)[CH2]CCC.CN1c2ccccc2C(C)(C)C12C=Nc1cc(/C=C/c3ccc4c(c3)N(C)C3(C=Nc5c(ccc6ccccc56)O3)C4(C)C)ccc1O2. The van der Waals surface area contributed by atoms with Gasteiger partial charge in [-0.2, -0.15) is 0 Å². The number of benzene rings is 5. The monoisotopic (exact) mass is 962 g/mol. The Balaban J connectivity index is 0.000000301. The number of unbranched alkanes of at least 4 members (excludes halogenated alkanes) is 3. The Hall–Kier alpha value is -4.82. The van der Waals surface area contributed by atoms with Crippen molar-refractivity contribution in [1.82, 2.24) is 0 Å². The molecule has 334 valence electrons. The molecule has 5 aromatic rings. The van der Waals surface area contributed by atoms with E-state index in [9.17, 15) is 0 Å². The first kappa shape index (κ1) is 45.7. The minimum atomic E-state index is -1.84. The molecule has 0 aliphatic carbocycles. The van der Waals surface area contributed by atoms with Gasteiger partial charge in [0, 0.05) is 30.9 Å². The number of hydrogen-bond acceptors (Lipinski definition) is 6. The minimum Gasteiger partial charge on any atom is -0.459 e. The second-order valence-corrected chi connectivity index (χ2v) is 32.7. The summed E-state index contributed by atoms with van der Waals surface area (Å²) in [6, 6.07) is 33.9. The van der Waals surface area contributed by atoms with E-state index in [0.717, 1.165) is 50.5 Å². The molecule has 4 heterocycles. The van der Waals surface area contributed by atoms with Gasteiger partial charge in [-0.25, -0.2) is 0 Å². The molecule has 2 unspecified atom stereocenters. The van der Waals surface area contributed by atoms with Gasteiger partial charge in [-0.1, -0.05) is 78.9 Å². The molecule has 0 N–H and O–H groups in total. The van der Waals surface area contributed by atoms with Gasteiger partial charge in [0.1, 0.15) is 22.9 Å². The number of likely N-dealkylation sites (N-methyl/N-ethyl adjacent to an activating group) is 2. The summed E-state index contributed by atoms with van der Waals surface area (Å²) >= 11 is -1.84. The van der Waals surface area contributed by atoms with Crippen molar-refractivity contribution in [2.24, 2.45) is 9.98 Å². The molecule has 0 saturated heterocycles. The van der Waals surface area contributed by atoms with Crippen molar-refractivity contribution in [1.29, 1.82) is 0 Å². The molecule has 0 amide bonds. The predicted molar refractivity (Wildman–Crippen MR) is 278 cm³/mol. The Kier molecular flexibility index (Phi) is 13.0. The smallest absolute Gasteiger partial charge is 0.228 e. The summed E-state index contributed by atoms with van der Waals surface area (Å²) in [5.74, 6) is 1.60. The Bertz CT molecular complexity index is 2600. The molecule has 6 nitrogen and oxygen atoms in total. The Morgan fingerprint density at radius 1 is 0.594 bits per heavy atom. The molecule has 9 rings (SSSR count). The van der Waals surface area contributed by atoms with Crippen LogP contribution < -0.4 is 19.3 Å². The minimum absolute atomic E-state index is 0.279. The van der Waals surface area contributed by atoms with Crippen LogP contribution in [-0.2, 0) is 10.8 Å². The fourth-order valence-electron chi connectivity index (χ4n) is 11.0. The maximum Gasteiger partial charge on any atom is 0.228 e. The van der Waals surface area contributed by atoms with Crippen LogP contribution in [0.1, 0.15) is 116 Å². The van der Waals surface area contributed by atoms with Crippen molar-refractivity contribution in [3.63, 3.8) is 0 Å². The van der Waals surface area contributed by atoms with Gasteiger partial charge in [0.15, 0.2) is 0 Å². The average molecular weight is 962 g/mol. The summed E-state index contributed by atoms with van der Waals surface area (Å²) in [4.78, 5) is 14.5. The van der Waals surface area contributed by atoms with Crippen LogP contribution in [0.25, 0.3) is 22.9 Å². The molecular weight excluding hydrogens is 891 g/mol. The van der Waals surface area contributed by atoms with Gasteiger partial charge in [-0.05, 0) is 85.7 Å². The fraction of sp³-hybridized carbons (Fsp3) is 0.404. The van der Waals surface area contributed by atoms with Gasteiger partial charge in [-0.15, -0.1) is 0 Å². The van der Waals surface area contributed by atoms with Crippen molar-refractivity contribution in [3.8, 4) is 11.5 Å². The predicted octanol–water partition coefficient (Wildman–Crippen LogP) is 15.4. The van der Waals surface area contributed by atoms with Crippen molar-refractivity contribution in [2.75, 3.05) is 23.9 Å². The fourth-order valence-corrected chi connectivity index (χ4v) is 25.6. The van der Waals surface area contributed by atoms with Crippen molar-refractivity contribution in [3.05, 3.63) is 129 Å². The molecule has 0 aromatic heterocycles. The zero-order chi connectivity index (χ0) is 45.3. The molecule has 64 heavy (non-hydrogen) atoms. The number of fused-ring (bicyclic) bond motifs is 6. The number of anilines is 2. The maximum absolute atomic E-state index is 6.92. The van der Waals surface area contributed by atoms with Gasteiger partial charge < -0.3 is 19.3 Å². The number of ether oxygens (including phenoxy) is 2. The Morgan fingerprint density at radius 2 is 1.14 bits per heavy atom. The molecule has 0 bridgehead atoms. The second kappa shape index (κ2) is 18.2. The van der Waals surface area contributed by atoms with Crippen LogP contribution in [0.15, 0.2) is 117 Å². The first-order chi connectivity index (χ1) is 30.8. The Morgan fingerprint density at radius 3 is 1.80 bits per heavy atom. The third-order valence-electron chi connectivity index (χ3n) is 15.0. The molecule has 2 spiro atoms.